The lowest BCUT2D eigenvalue weighted by atomic mass is 9.71. The fraction of sp³-hybridized carbons (Fsp3) is 0.429. The number of aromatic nitrogens is 3. The molecule has 0 atom stereocenters. The molecule has 5 nitrogen and oxygen atoms in total. The van der Waals surface area contributed by atoms with Crippen LogP contribution in [0.5, 0.6) is 0 Å². The number of aryl methyl sites for hydroxylation is 1. The van der Waals surface area contributed by atoms with Crippen molar-refractivity contribution in [1.29, 1.82) is 0 Å². The Morgan fingerprint density at radius 1 is 1.06 bits per heavy atom. The van der Waals surface area contributed by atoms with Crippen molar-refractivity contribution < 1.29 is 9.18 Å². The highest BCUT2D eigenvalue weighted by molar-refractivity contribution is 6.33. The molecule has 1 aliphatic rings. The molecule has 0 unspecified atom stereocenters. The molecule has 1 heterocycles. The zero-order valence-corrected chi connectivity index (χ0v) is 22.1. The highest BCUT2D eigenvalue weighted by Gasteiger charge is 2.38. The normalized spacial score (nSPS) is 15.3. The third-order valence-electron chi connectivity index (χ3n) is 7.11. The summed E-state index contributed by atoms with van der Waals surface area (Å²) < 4.78 is 13.9. The fourth-order valence-corrected chi connectivity index (χ4v) is 5.46. The molecule has 0 radical (unpaired) electrons. The zero-order chi connectivity index (χ0) is 25.9. The van der Waals surface area contributed by atoms with Crippen molar-refractivity contribution in [1.82, 2.24) is 15.0 Å². The molecule has 1 saturated carbocycles. The van der Waals surface area contributed by atoms with Crippen molar-refractivity contribution in [3.05, 3.63) is 68.1 Å². The van der Waals surface area contributed by atoms with Gasteiger partial charge in [0.15, 0.2) is 5.82 Å². The second-order valence-corrected chi connectivity index (χ2v) is 10.7. The number of hydrogen-bond donors (Lipinski definition) is 1. The molecule has 1 aliphatic carbocycles. The summed E-state index contributed by atoms with van der Waals surface area (Å²) in [6.07, 6.45) is 4.84. The van der Waals surface area contributed by atoms with Gasteiger partial charge >= 0.3 is 5.69 Å². The molecule has 190 valence electrons. The number of H-pyrrole nitrogens is 1. The number of carbonyl (C=O) groups excluding carboxylic acids is 1. The van der Waals surface area contributed by atoms with Gasteiger partial charge in [-0.05, 0) is 66.6 Å². The van der Waals surface area contributed by atoms with Crippen LogP contribution in [0.15, 0.2) is 41.2 Å². The van der Waals surface area contributed by atoms with Gasteiger partial charge in [0, 0.05) is 22.6 Å². The van der Waals surface area contributed by atoms with Crippen molar-refractivity contribution in [2.75, 3.05) is 6.67 Å². The van der Waals surface area contributed by atoms with E-state index in [1.807, 2.05) is 32.0 Å². The second-order valence-electron chi connectivity index (χ2n) is 9.93. The maximum Gasteiger partial charge on any atom is 0.348 e. The molecule has 1 fully saturated rings. The third-order valence-corrected chi connectivity index (χ3v) is 7.79. The average Bonchev–Trinajstić information content (AvgIpc) is 2.88. The predicted octanol–water partition coefficient (Wildman–Crippen LogP) is 7.35. The first-order valence-corrected chi connectivity index (χ1v) is 13.1. The standard InChI is InChI=1S/C28H30Cl2FN3O2/c1-17(2)20-15-19(8-10-22(20)29)25-32-26(34-27(36)33-25)21-14-18(6-9-23(21)30)7-11-24(35)28(16-31)12-4-3-5-13-28/h6,8-10,14-15,17H,3-5,7,11-13,16H2,1-2H3,(H,32,33,34,36). The number of nitrogens with one attached hydrogen (secondary N) is 1. The molecule has 1 aromatic heterocycles. The van der Waals surface area contributed by atoms with Crippen LogP contribution >= 0.6 is 23.2 Å². The number of carbonyl (C=O) groups is 1. The number of halogens is 3. The Hall–Kier alpha value is -2.57. The smallest absolute Gasteiger partial charge is 0.299 e. The van der Waals surface area contributed by atoms with Gasteiger partial charge < -0.3 is 0 Å². The van der Waals surface area contributed by atoms with Crippen LogP contribution in [0.1, 0.15) is 69.4 Å². The number of nitrogens with zero attached hydrogens (tertiary/aromatic N) is 2. The van der Waals surface area contributed by atoms with Crippen LogP contribution < -0.4 is 5.69 Å². The minimum atomic E-state index is -0.826. The minimum Gasteiger partial charge on any atom is -0.299 e. The van der Waals surface area contributed by atoms with E-state index in [1.165, 1.54) is 0 Å². The van der Waals surface area contributed by atoms with Gasteiger partial charge in [-0.25, -0.2) is 9.78 Å². The summed E-state index contributed by atoms with van der Waals surface area (Å²) in [5.74, 6) is 0.739. The third kappa shape index (κ3) is 5.70. The summed E-state index contributed by atoms with van der Waals surface area (Å²) in [6.45, 7) is 3.48. The summed E-state index contributed by atoms with van der Waals surface area (Å²) in [5, 5.41) is 1.06. The lowest BCUT2D eigenvalue weighted by Crippen LogP contribution is -2.35. The van der Waals surface area contributed by atoms with Crippen molar-refractivity contribution in [2.45, 2.75) is 64.7 Å². The Balaban J connectivity index is 1.61. The molecule has 0 saturated heterocycles. The van der Waals surface area contributed by atoms with Gasteiger partial charge in [0.05, 0.1) is 10.4 Å². The van der Waals surface area contributed by atoms with Gasteiger partial charge in [0.25, 0.3) is 0 Å². The van der Waals surface area contributed by atoms with Crippen LogP contribution in [0.3, 0.4) is 0 Å². The van der Waals surface area contributed by atoms with E-state index < -0.39 is 17.8 Å². The first-order valence-electron chi connectivity index (χ1n) is 12.4. The Morgan fingerprint density at radius 3 is 2.47 bits per heavy atom. The van der Waals surface area contributed by atoms with Crippen LogP contribution in [-0.4, -0.2) is 27.4 Å². The molecule has 0 aliphatic heterocycles. The van der Waals surface area contributed by atoms with Gasteiger partial charge in [0.1, 0.15) is 18.3 Å². The van der Waals surface area contributed by atoms with Crippen molar-refractivity contribution in [3.8, 4) is 22.8 Å². The number of rotatable bonds is 8. The Morgan fingerprint density at radius 2 is 1.78 bits per heavy atom. The second kappa shape index (κ2) is 11.2. The van der Waals surface area contributed by atoms with Crippen molar-refractivity contribution in [2.24, 2.45) is 5.41 Å². The zero-order valence-electron chi connectivity index (χ0n) is 20.5. The quantitative estimate of drug-likeness (QED) is 0.330. The highest BCUT2D eigenvalue weighted by atomic mass is 35.5. The lowest BCUT2D eigenvalue weighted by molar-refractivity contribution is -0.131. The molecule has 1 N–H and O–H groups in total. The van der Waals surface area contributed by atoms with Crippen molar-refractivity contribution in [3.63, 3.8) is 0 Å². The Bertz CT molecular complexity index is 1320. The van der Waals surface area contributed by atoms with Crippen LogP contribution in [0.25, 0.3) is 22.8 Å². The molecule has 0 spiro atoms. The van der Waals surface area contributed by atoms with E-state index in [1.54, 1.807) is 18.2 Å². The van der Waals surface area contributed by atoms with Crippen LogP contribution in [0.2, 0.25) is 10.0 Å². The van der Waals surface area contributed by atoms with Crippen molar-refractivity contribution >= 4 is 29.0 Å². The molecule has 4 rings (SSSR count). The summed E-state index contributed by atoms with van der Waals surface area (Å²) in [6, 6.07) is 10.8. The van der Waals surface area contributed by atoms with E-state index in [2.05, 4.69) is 15.0 Å². The number of Topliss-reactive ketones (excluding diaryl/α,β-unsaturated/α-hetero) is 1. The summed E-state index contributed by atoms with van der Waals surface area (Å²) in [7, 11) is 0. The average molecular weight is 530 g/mol. The molecule has 36 heavy (non-hydrogen) atoms. The molecule has 0 amide bonds. The SMILES string of the molecule is CC(C)c1cc(-c2nc(-c3cc(CCC(=O)C4(CF)CCCCC4)ccc3Cl)[nH]c(=O)n2)ccc1Cl. The fourth-order valence-electron chi connectivity index (χ4n) is 4.91. The maximum absolute atomic E-state index is 13.9. The van der Waals surface area contributed by atoms with Gasteiger partial charge in [-0.3, -0.25) is 14.2 Å². The molecule has 2 aromatic carbocycles. The van der Waals surface area contributed by atoms with E-state index in [9.17, 15) is 14.0 Å². The highest BCUT2D eigenvalue weighted by Crippen LogP contribution is 2.39. The Labute approximate surface area is 220 Å². The Kier molecular flexibility index (Phi) is 8.26. The van der Waals surface area contributed by atoms with Gasteiger partial charge in [-0.1, -0.05) is 62.4 Å². The summed E-state index contributed by atoms with van der Waals surface area (Å²) >= 11 is 12.8. The van der Waals surface area contributed by atoms with E-state index in [4.69, 9.17) is 23.2 Å². The maximum atomic E-state index is 13.9. The monoisotopic (exact) mass is 529 g/mol. The molecule has 3 aromatic rings. The van der Waals surface area contributed by atoms with E-state index in [0.717, 1.165) is 30.4 Å². The number of benzene rings is 2. The van der Waals surface area contributed by atoms with Gasteiger partial charge in [-0.2, -0.15) is 4.98 Å². The first kappa shape index (κ1) is 26.5. The molecule has 8 heteroatoms. The molecule has 0 bridgehead atoms. The first-order chi connectivity index (χ1) is 17.2. The molecular weight excluding hydrogens is 500 g/mol. The lowest BCUT2D eigenvalue weighted by Gasteiger charge is -2.33. The van der Waals surface area contributed by atoms with Crippen LogP contribution in [0, 0.1) is 5.41 Å². The number of ketones is 1. The van der Waals surface area contributed by atoms with E-state index in [0.29, 0.717) is 40.4 Å². The summed E-state index contributed by atoms with van der Waals surface area (Å²) in [4.78, 5) is 36.7. The van der Waals surface area contributed by atoms with E-state index in [-0.39, 0.29) is 29.8 Å². The minimum absolute atomic E-state index is 0.0115. The van der Waals surface area contributed by atoms with E-state index >= 15 is 0 Å². The number of alkyl halides is 1. The molecular formula is C28H30Cl2FN3O2. The van der Waals surface area contributed by atoms with Gasteiger partial charge in [0.2, 0.25) is 0 Å². The largest absolute Gasteiger partial charge is 0.348 e. The topological polar surface area (TPSA) is 75.7 Å². The van der Waals surface area contributed by atoms with Gasteiger partial charge in [-0.15, -0.1) is 0 Å². The van der Waals surface area contributed by atoms with Crippen LogP contribution in [0.4, 0.5) is 4.39 Å². The summed E-state index contributed by atoms with van der Waals surface area (Å²) in [5.41, 5.74) is 1.65. The number of hydrogen-bond acceptors (Lipinski definition) is 4. The number of aromatic amines is 1. The van der Waals surface area contributed by atoms with Crippen LogP contribution in [-0.2, 0) is 11.2 Å². The predicted molar refractivity (Wildman–Crippen MR) is 142 cm³/mol.